The van der Waals surface area contributed by atoms with Crippen LogP contribution in [0.1, 0.15) is 5.56 Å². The van der Waals surface area contributed by atoms with E-state index in [9.17, 15) is 0 Å². The van der Waals surface area contributed by atoms with Gasteiger partial charge < -0.3 is 0 Å². The Bertz CT molecular complexity index is 605. The van der Waals surface area contributed by atoms with Crippen molar-refractivity contribution in [3.05, 3.63) is 48.0 Å². The molecule has 0 unspecified atom stereocenters. The highest BCUT2D eigenvalue weighted by Crippen LogP contribution is 2.33. The average molecular weight is 197 g/mol. The van der Waals surface area contributed by atoms with Gasteiger partial charge in [0, 0.05) is 20.2 Å². The van der Waals surface area contributed by atoms with Gasteiger partial charge in [-0.25, -0.2) is 0 Å². The van der Waals surface area contributed by atoms with E-state index in [2.05, 4.69) is 43.3 Å². The van der Waals surface area contributed by atoms with Gasteiger partial charge in [-0.3, -0.25) is 0 Å². The molecule has 0 fully saturated rings. The largest absolute Gasteiger partial charge is 0.135 e. The van der Waals surface area contributed by atoms with Crippen molar-refractivity contribution in [3.8, 4) is 0 Å². The maximum absolute atomic E-state index is 3.14. The van der Waals surface area contributed by atoms with Crippen molar-refractivity contribution < 1.29 is 0 Å². The lowest BCUT2D eigenvalue weighted by Crippen LogP contribution is -1.69. The van der Waals surface area contributed by atoms with Crippen LogP contribution >= 0.6 is 11.3 Å². The van der Waals surface area contributed by atoms with Gasteiger partial charge in [0.25, 0.3) is 0 Å². The molecule has 0 bridgehead atoms. The lowest BCUT2D eigenvalue weighted by molar-refractivity contribution is 1.52. The van der Waals surface area contributed by atoms with Crippen LogP contribution in [-0.2, 0) is 0 Å². The highest BCUT2D eigenvalue weighted by molar-refractivity contribution is 7.25. The first-order chi connectivity index (χ1) is 6.84. The molecule has 14 heavy (non-hydrogen) atoms. The minimum atomic E-state index is 1.32. The van der Waals surface area contributed by atoms with Crippen molar-refractivity contribution in [2.75, 3.05) is 0 Å². The third-order valence-corrected chi connectivity index (χ3v) is 3.62. The van der Waals surface area contributed by atoms with Gasteiger partial charge in [-0.2, -0.15) is 0 Å². The van der Waals surface area contributed by atoms with Crippen LogP contribution in [0.15, 0.2) is 36.4 Å². The minimum Gasteiger partial charge on any atom is -0.135 e. The Morgan fingerprint density at radius 1 is 1.07 bits per heavy atom. The number of fused-ring (bicyclic) bond motifs is 3. The first-order valence-corrected chi connectivity index (χ1v) is 5.45. The predicted molar refractivity (Wildman–Crippen MR) is 62.9 cm³/mol. The van der Waals surface area contributed by atoms with E-state index in [0.29, 0.717) is 0 Å². The van der Waals surface area contributed by atoms with Gasteiger partial charge in [-0.1, -0.05) is 17.7 Å². The Balaban J connectivity index is 2.58. The molecule has 0 aliphatic carbocycles. The molecule has 0 amide bonds. The SMILES string of the molecule is Cc1ccc2sc3cc[c]cc3c2c1. The molecule has 0 aliphatic rings. The lowest BCUT2D eigenvalue weighted by Gasteiger charge is -1.92. The number of hydrogen-bond acceptors (Lipinski definition) is 1. The molecule has 3 rings (SSSR count). The molecule has 0 aliphatic heterocycles. The molecule has 0 atom stereocenters. The van der Waals surface area contributed by atoms with Crippen LogP contribution in [-0.4, -0.2) is 0 Å². The van der Waals surface area contributed by atoms with Gasteiger partial charge in [0.2, 0.25) is 0 Å². The van der Waals surface area contributed by atoms with Gasteiger partial charge in [0.05, 0.1) is 0 Å². The first kappa shape index (κ1) is 8.01. The molecule has 2 aromatic carbocycles. The monoisotopic (exact) mass is 197 g/mol. The van der Waals surface area contributed by atoms with Crippen LogP contribution < -0.4 is 0 Å². The van der Waals surface area contributed by atoms with E-state index in [1.165, 1.54) is 25.7 Å². The van der Waals surface area contributed by atoms with E-state index in [1.54, 1.807) is 0 Å². The zero-order valence-electron chi connectivity index (χ0n) is 7.87. The van der Waals surface area contributed by atoms with Crippen LogP contribution in [0.5, 0.6) is 0 Å². The Morgan fingerprint density at radius 2 is 1.93 bits per heavy atom. The molecule has 1 aromatic heterocycles. The van der Waals surface area contributed by atoms with E-state index in [-0.39, 0.29) is 0 Å². The summed E-state index contributed by atoms with van der Waals surface area (Å²) >= 11 is 1.85. The molecule has 0 saturated heterocycles. The van der Waals surface area contributed by atoms with Crippen molar-refractivity contribution in [3.63, 3.8) is 0 Å². The molecule has 67 valence electrons. The second-order valence-electron chi connectivity index (χ2n) is 3.52. The first-order valence-electron chi connectivity index (χ1n) is 4.63. The molecule has 1 heteroatoms. The number of hydrogen-bond donors (Lipinski definition) is 0. The van der Waals surface area contributed by atoms with Crippen molar-refractivity contribution in [2.45, 2.75) is 6.92 Å². The molecular weight excluding hydrogens is 188 g/mol. The molecule has 0 nitrogen and oxygen atoms in total. The number of aryl methyl sites for hydroxylation is 1. The average Bonchev–Trinajstić information content (AvgIpc) is 2.56. The highest BCUT2D eigenvalue weighted by atomic mass is 32.1. The second kappa shape index (κ2) is 2.82. The zero-order chi connectivity index (χ0) is 9.54. The van der Waals surface area contributed by atoms with Crippen LogP contribution in [0.3, 0.4) is 0 Å². The summed E-state index contributed by atoms with van der Waals surface area (Å²) in [6.45, 7) is 2.13. The molecule has 3 aromatic rings. The standard InChI is InChI=1S/C13H9S/c1-9-6-7-13-11(8-9)10-4-2-3-5-12(10)14-13/h3-8H,1H3. The predicted octanol–water partition coefficient (Wildman–Crippen LogP) is 4.16. The smallest absolute Gasteiger partial charge is 0.0355 e. The van der Waals surface area contributed by atoms with Crippen molar-refractivity contribution in [1.82, 2.24) is 0 Å². The second-order valence-corrected chi connectivity index (χ2v) is 4.61. The molecule has 1 radical (unpaired) electrons. The summed E-state index contributed by atoms with van der Waals surface area (Å²) in [5.41, 5.74) is 1.32. The van der Waals surface area contributed by atoms with Crippen LogP contribution in [0, 0.1) is 13.0 Å². The van der Waals surface area contributed by atoms with Crippen molar-refractivity contribution in [1.29, 1.82) is 0 Å². The van der Waals surface area contributed by atoms with Crippen molar-refractivity contribution >= 4 is 31.5 Å². The summed E-state index contributed by atoms with van der Waals surface area (Å²) in [5, 5.41) is 2.69. The summed E-state index contributed by atoms with van der Waals surface area (Å²) < 4.78 is 2.72. The third-order valence-electron chi connectivity index (χ3n) is 2.47. The molecular formula is C13H9S. The Labute approximate surface area is 86.8 Å². The van der Waals surface area contributed by atoms with Gasteiger partial charge in [-0.05, 0) is 37.3 Å². The Morgan fingerprint density at radius 3 is 2.86 bits per heavy atom. The number of benzene rings is 2. The summed E-state index contributed by atoms with van der Waals surface area (Å²) in [4.78, 5) is 0. The molecule has 0 N–H and O–H groups in total. The lowest BCUT2D eigenvalue weighted by atomic mass is 10.1. The van der Waals surface area contributed by atoms with Gasteiger partial charge in [-0.15, -0.1) is 11.3 Å². The summed E-state index contributed by atoms with van der Waals surface area (Å²) in [7, 11) is 0. The third kappa shape index (κ3) is 1.06. The van der Waals surface area contributed by atoms with E-state index < -0.39 is 0 Å². The van der Waals surface area contributed by atoms with E-state index in [0.717, 1.165) is 0 Å². The summed E-state index contributed by atoms with van der Waals surface area (Å²) in [6.07, 6.45) is 0. The normalized spacial score (nSPS) is 11.2. The Hall–Kier alpha value is -1.34. The minimum absolute atomic E-state index is 1.32. The fourth-order valence-corrected chi connectivity index (χ4v) is 2.84. The fourth-order valence-electron chi connectivity index (χ4n) is 1.78. The quantitative estimate of drug-likeness (QED) is 0.507. The Kier molecular flexibility index (Phi) is 1.62. The van der Waals surface area contributed by atoms with Gasteiger partial charge in [0.1, 0.15) is 0 Å². The fraction of sp³-hybridized carbons (Fsp3) is 0.0769. The summed E-state index contributed by atoms with van der Waals surface area (Å²) in [5.74, 6) is 0. The van der Waals surface area contributed by atoms with Crippen molar-refractivity contribution in [2.24, 2.45) is 0 Å². The van der Waals surface area contributed by atoms with Gasteiger partial charge in [0.15, 0.2) is 0 Å². The highest BCUT2D eigenvalue weighted by Gasteiger charge is 2.03. The van der Waals surface area contributed by atoms with Crippen LogP contribution in [0.4, 0.5) is 0 Å². The van der Waals surface area contributed by atoms with Crippen LogP contribution in [0.2, 0.25) is 0 Å². The van der Waals surface area contributed by atoms with Gasteiger partial charge >= 0.3 is 0 Å². The van der Waals surface area contributed by atoms with E-state index in [1.807, 2.05) is 17.4 Å². The maximum Gasteiger partial charge on any atom is 0.0355 e. The van der Waals surface area contributed by atoms with E-state index >= 15 is 0 Å². The topological polar surface area (TPSA) is 0 Å². The van der Waals surface area contributed by atoms with E-state index in [4.69, 9.17) is 0 Å². The molecule has 0 spiro atoms. The molecule has 1 heterocycles. The zero-order valence-corrected chi connectivity index (χ0v) is 8.69. The number of rotatable bonds is 0. The molecule has 0 saturated carbocycles. The number of thiophene rings is 1. The maximum atomic E-state index is 3.14. The van der Waals surface area contributed by atoms with Crippen LogP contribution in [0.25, 0.3) is 20.2 Å². The summed E-state index contributed by atoms with van der Waals surface area (Å²) in [6, 6.07) is 16.0.